The van der Waals surface area contributed by atoms with E-state index in [2.05, 4.69) is 6.92 Å². The average molecular weight is 482 g/mol. The normalized spacial score (nSPS) is 16.1. The molecule has 0 aliphatic carbocycles. The van der Waals surface area contributed by atoms with E-state index in [9.17, 15) is 13.2 Å². The Morgan fingerprint density at radius 1 is 1.06 bits per heavy atom. The first kappa shape index (κ1) is 22.3. The fourth-order valence-electron chi connectivity index (χ4n) is 3.94. The molecule has 1 saturated heterocycles. The van der Waals surface area contributed by atoms with E-state index in [1.165, 1.54) is 27.4 Å². The minimum Gasteiger partial charge on any atom is -0.423 e. The largest absolute Gasteiger partial charge is 0.423 e. The summed E-state index contributed by atoms with van der Waals surface area (Å²) >= 11 is 12.1. The third-order valence-electron chi connectivity index (χ3n) is 5.68. The van der Waals surface area contributed by atoms with Crippen LogP contribution in [0.5, 0.6) is 0 Å². The van der Waals surface area contributed by atoms with Gasteiger partial charge in [0.05, 0.1) is 31.2 Å². The highest BCUT2D eigenvalue weighted by Gasteiger charge is 2.32. The van der Waals surface area contributed by atoms with Crippen LogP contribution in [0, 0.1) is 0 Å². The molecule has 0 atom stereocenters. The van der Waals surface area contributed by atoms with Crippen LogP contribution in [0.3, 0.4) is 0 Å². The van der Waals surface area contributed by atoms with Crippen molar-refractivity contribution in [3.8, 4) is 0 Å². The monoisotopic (exact) mass is 481 g/mol. The van der Waals surface area contributed by atoms with E-state index in [1.54, 1.807) is 6.07 Å². The van der Waals surface area contributed by atoms with Crippen molar-refractivity contribution in [1.82, 2.24) is 4.31 Å². The maximum absolute atomic E-state index is 13.0. The summed E-state index contributed by atoms with van der Waals surface area (Å²) < 4.78 is 32.9. The third-order valence-corrected chi connectivity index (χ3v) is 8.30. The van der Waals surface area contributed by atoms with Crippen molar-refractivity contribution < 1.29 is 17.7 Å². The molecule has 0 amide bonds. The molecule has 31 heavy (non-hydrogen) atoms. The molecule has 3 aromatic rings. The van der Waals surface area contributed by atoms with Gasteiger partial charge in [0.25, 0.3) is 0 Å². The van der Waals surface area contributed by atoms with Crippen LogP contribution in [0.15, 0.2) is 56.6 Å². The Balaban J connectivity index is 1.51. The molecule has 1 N–H and O–H groups in total. The van der Waals surface area contributed by atoms with Gasteiger partial charge in [-0.1, -0.05) is 42.3 Å². The highest BCUT2D eigenvalue weighted by Crippen LogP contribution is 2.27. The van der Waals surface area contributed by atoms with Gasteiger partial charge in [-0.3, -0.25) is 0 Å². The van der Waals surface area contributed by atoms with Crippen LogP contribution >= 0.6 is 23.2 Å². The number of hydrogen-bond donors (Lipinski definition) is 1. The number of hydrogen-bond acceptors (Lipinski definition) is 4. The second-order valence-electron chi connectivity index (χ2n) is 7.68. The Labute approximate surface area is 191 Å². The maximum Gasteiger partial charge on any atom is 0.336 e. The number of piperazine rings is 1. The number of nitrogens with zero attached hydrogens (tertiary/aromatic N) is 1. The molecule has 1 fully saturated rings. The molecule has 0 spiro atoms. The Kier molecular flexibility index (Phi) is 6.42. The lowest BCUT2D eigenvalue weighted by Gasteiger charge is -2.31. The molecule has 1 aliphatic rings. The molecule has 1 aromatic heterocycles. The second kappa shape index (κ2) is 8.92. The number of rotatable bonds is 5. The lowest BCUT2D eigenvalue weighted by molar-refractivity contribution is -0.917. The average Bonchev–Trinajstić information content (AvgIpc) is 2.75. The lowest BCUT2D eigenvalue weighted by Crippen LogP contribution is -3.13. The van der Waals surface area contributed by atoms with E-state index in [4.69, 9.17) is 27.6 Å². The first-order valence-electron chi connectivity index (χ1n) is 10.1. The topological polar surface area (TPSA) is 72.0 Å². The molecule has 0 bridgehead atoms. The summed E-state index contributed by atoms with van der Waals surface area (Å²) in [6.07, 6.45) is 0.863. The minimum absolute atomic E-state index is 0.0310. The number of halogens is 2. The summed E-state index contributed by atoms with van der Waals surface area (Å²) in [7, 11) is -3.72. The summed E-state index contributed by atoms with van der Waals surface area (Å²) in [5, 5.41) is 1.41. The van der Waals surface area contributed by atoms with Crippen LogP contribution < -0.4 is 10.5 Å². The minimum atomic E-state index is -3.72. The van der Waals surface area contributed by atoms with E-state index in [0.717, 1.165) is 22.9 Å². The van der Waals surface area contributed by atoms with E-state index in [1.807, 2.05) is 18.2 Å². The van der Waals surface area contributed by atoms with Crippen molar-refractivity contribution in [3.63, 3.8) is 0 Å². The number of benzene rings is 2. The number of aryl methyl sites for hydroxylation is 1. The SMILES string of the molecule is CCc1ccc2c(C[NH+]3CCN(S(=O)(=O)c4cc(Cl)ccc4Cl)CC3)cc(=O)oc2c1. The smallest absolute Gasteiger partial charge is 0.336 e. The van der Waals surface area contributed by atoms with Crippen molar-refractivity contribution in [2.75, 3.05) is 26.2 Å². The van der Waals surface area contributed by atoms with E-state index < -0.39 is 10.0 Å². The first-order valence-corrected chi connectivity index (χ1v) is 12.3. The van der Waals surface area contributed by atoms with Gasteiger partial charge in [-0.2, -0.15) is 4.31 Å². The third kappa shape index (κ3) is 4.66. The molecular formula is C22H23Cl2N2O4S+. The molecule has 164 valence electrons. The fraction of sp³-hybridized carbons (Fsp3) is 0.318. The second-order valence-corrected chi connectivity index (χ2v) is 10.4. The standard InChI is InChI=1S/C22H22Cl2N2O4S/c1-2-15-3-5-18-16(12-22(27)30-20(18)11-15)14-25-7-9-26(10-8-25)31(28,29)21-13-17(23)4-6-19(21)24/h3-6,11-13H,2,7-10,14H2,1H3/p+1. The van der Waals surface area contributed by atoms with Gasteiger partial charge >= 0.3 is 5.63 Å². The van der Waals surface area contributed by atoms with E-state index in [0.29, 0.717) is 43.3 Å². The zero-order valence-corrected chi connectivity index (χ0v) is 19.4. The Morgan fingerprint density at radius 3 is 2.52 bits per heavy atom. The number of fused-ring (bicyclic) bond motifs is 1. The molecule has 9 heteroatoms. The molecule has 0 unspecified atom stereocenters. The molecular weight excluding hydrogens is 459 g/mol. The fourth-order valence-corrected chi connectivity index (χ4v) is 6.12. The number of nitrogens with one attached hydrogen (secondary N) is 1. The number of sulfonamides is 1. The lowest BCUT2D eigenvalue weighted by atomic mass is 10.1. The van der Waals surface area contributed by atoms with Crippen molar-refractivity contribution in [1.29, 1.82) is 0 Å². The molecule has 0 saturated carbocycles. The van der Waals surface area contributed by atoms with Crippen LogP contribution in [0.1, 0.15) is 18.1 Å². The van der Waals surface area contributed by atoms with Crippen molar-refractivity contribution >= 4 is 44.2 Å². The maximum atomic E-state index is 13.0. The van der Waals surface area contributed by atoms with Crippen LogP contribution in [0.25, 0.3) is 11.0 Å². The van der Waals surface area contributed by atoms with Gasteiger partial charge in [-0.15, -0.1) is 0 Å². The van der Waals surface area contributed by atoms with Gasteiger partial charge < -0.3 is 9.32 Å². The zero-order valence-electron chi connectivity index (χ0n) is 17.0. The summed E-state index contributed by atoms with van der Waals surface area (Å²) in [5.41, 5.74) is 2.25. The van der Waals surface area contributed by atoms with Gasteiger partial charge in [-0.25, -0.2) is 13.2 Å². The Morgan fingerprint density at radius 2 is 1.81 bits per heavy atom. The summed E-state index contributed by atoms with van der Waals surface area (Å²) in [6, 6.07) is 11.9. The predicted molar refractivity (Wildman–Crippen MR) is 121 cm³/mol. The highest BCUT2D eigenvalue weighted by atomic mass is 35.5. The summed E-state index contributed by atoms with van der Waals surface area (Å²) in [5.74, 6) is 0. The molecule has 4 rings (SSSR count). The van der Waals surface area contributed by atoms with E-state index in [-0.39, 0.29) is 15.5 Å². The Bertz CT molecular complexity index is 1280. The van der Waals surface area contributed by atoms with E-state index >= 15 is 0 Å². The Hall–Kier alpha value is -1.90. The van der Waals surface area contributed by atoms with Gasteiger partial charge in [0.1, 0.15) is 17.0 Å². The molecule has 2 aromatic carbocycles. The van der Waals surface area contributed by atoms with Crippen molar-refractivity contribution in [3.05, 3.63) is 74.1 Å². The zero-order chi connectivity index (χ0) is 22.2. The van der Waals surface area contributed by atoms with Crippen LogP contribution in [-0.2, 0) is 23.0 Å². The summed E-state index contributed by atoms with van der Waals surface area (Å²) in [6.45, 7) is 4.63. The highest BCUT2D eigenvalue weighted by molar-refractivity contribution is 7.89. The van der Waals surface area contributed by atoms with Gasteiger partial charge in [0.2, 0.25) is 10.0 Å². The number of quaternary nitrogens is 1. The van der Waals surface area contributed by atoms with Gasteiger partial charge in [0.15, 0.2) is 0 Å². The van der Waals surface area contributed by atoms with Crippen LogP contribution in [0.4, 0.5) is 0 Å². The molecule has 6 nitrogen and oxygen atoms in total. The van der Waals surface area contributed by atoms with Crippen molar-refractivity contribution in [2.45, 2.75) is 24.8 Å². The first-order chi connectivity index (χ1) is 14.8. The molecule has 0 radical (unpaired) electrons. The molecule has 2 heterocycles. The quantitative estimate of drug-likeness (QED) is 0.568. The molecule has 1 aliphatic heterocycles. The van der Waals surface area contributed by atoms with Crippen LogP contribution in [0.2, 0.25) is 10.0 Å². The van der Waals surface area contributed by atoms with Crippen molar-refractivity contribution in [2.24, 2.45) is 0 Å². The van der Waals surface area contributed by atoms with Gasteiger partial charge in [0, 0.05) is 22.0 Å². The predicted octanol–water partition coefficient (Wildman–Crippen LogP) is 2.75. The van der Waals surface area contributed by atoms with Gasteiger partial charge in [-0.05, 0) is 36.2 Å². The van der Waals surface area contributed by atoms with Crippen LogP contribution in [-0.4, -0.2) is 38.9 Å². The summed E-state index contributed by atoms with van der Waals surface area (Å²) in [4.78, 5) is 13.3.